The number of nitrogens with zero attached hydrogens (tertiary/aromatic N) is 2. The molecule has 3 N–H and O–H groups in total. The molecule has 32 heavy (non-hydrogen) atoms. The van der Waals surface area contributed by atoms with Crippen molar-refractivity contribution in [2.24, 2.45) is 0 Å². The average molecular weight is 441 g/mol. The first-order chi connectivity index (χ1) is 15.7. The molecule has 3 aromatic carbocycles. The Morgan fingerprint density at radius 3 is 2.59 bits per heavy atom. The SMILES string of the molecule is O=C(NCCO)c1ccc(-c2ccc3c(Nc4ccc5scnc5c4)ccnc3c2)cc1. The predicted molar refractivity (Wildman–Crippen MR) is 130 cm³/mol. The Hall–Kier alpha value is -3.81. The lowest BCUT2D eigenvalue weighted by Crippen LogP contribution is -2.26. The average Bonchev–Trinajstić information content (AvgIpc) is 3.30. The van der Waals surface area contributed by atoms with Crippen LogP contribution in [0.2, 0.25) is 0 Å². The number of aliphatic hydroxyl groups excluding tert-OH is 1. The minimum absolute atomic E-state index is 0.0791. The number of nitrogens with one attached hydrogen (secondary N) is 2. The number of thiazole rings is 1. The Bertz CT molecular complexity index is 1410. The van der Waals surface area contributed by atoms with Gasteiger partial charge in [-0.3, -0.25) is 9.78 Å². The highest BCUT2D eigenvalue weighted by atomic mass is 32.1. The van der Waals surface area contributed by atoms with Gasteiger partial charge in [-0.05, 0) is 53.6 Å². The number of amides is 1. The molecule has 5 aromatic rings. The van der Waals surface area contributed by atoms with Crippen LogP contribution in [-0.2, 0) is 0 Å². The highest BCUT2D eigenvalue weighted by Gasteiger charge is 2.08. The molecule has 7 heteroatoms. The largest absolute Gasteiger partial charge is 0.395 e. The minimum Gasteiger partial charge on any atom is -0.395 e. The van der Waals surface area contributed by atoms with E-state index in [1.165, 1.54) is 0 Å². The number of aromatic nitrogens is 2. The van der Waals surface area contributed by atoms with E-state index in [9.17, 15) is 4.79 Å². The summed E-state index contributed by atoms with van der Waals surface area (Å²) in [7, 11) is 0. The van der Waals surface area contributed by atoms with Crippen molar-refractivity contribution < 1.29 is 9.90 Å². The lowest BCUT2D eigenvalue weighted by atomic mass is 10.0. The van der Waals surface area contributed by atoms with Crippen LogP contribution in [0.4, 0.5) is 11.4 Å². The summed E-state index contributed by atoms with van der Waals surface area (Å²) in [5, 5.41) is 16.0. The van der Waals surface area contributed by atoms with Gasteiger partial charge in [-0.1, -0.05) is 24.3 Å². The summed E-state index contributed by atoms with van der Waals surface area (Å²) < 4.78 is 1.16. The third-order valence-corrected chi connectivity index (χ3v) is 6.04. The maximum atomic E-state index is 12.0. The number of carbonyl (C=O) groups is 1. The molecule has 0 bridgehead atoms. The second-order valence-corrected chi connectivity index (χ2v) is 8.19. The fourth-order valence-corrected chi connectivity index (χ4v) is 4.27. The van der Waals surface area contributed by atoms with Gasteiger partial charge in [-0.2, -0.15) is 0 Å². The highest BCUT2D eigenvalue weighted by molar-refractivity contribution is 7.16. The highest BCUT2D eigenvalue weighted by Crippen LogP contribution is 2.30. The molecule has 5 rings (SSSR count). The van der Waals surface area contributed by atoms with Crippen LogP contribution in [0.25, 0.3) is 32.2 Å². The van der Waals surface area contributed by atoms with Crippen LogP contribution in [0.3, 0.4) is 0 Å². The Kier molecular flexibility index (Phi) is 5.49. The molecule has 0 fully saturated rings. The van der Waals surface area contributed by atoms with Crippen molar-refractivity contribution in [1.82, 2.24) is 15.3 Å². The number of aliphatic hydroxyl groups is 1. The lowest BCUT2D eigenvalue weighted by molar-refractivity contribution is 0.0945. The summed E-state index contributed by atoms with van der Waals surface area (Å²) >= 11 is 1.63. The fourth-order valence-electron chi connectivity index (χ4n) is 3.61. The molecule has 0 radical (unpaired) electrons. The first kappa shape index (κ1) is 20.1. The second-order valence-electron chi connectivity index (χ2n) is 7.31. The van der Waals surface area contributed by atoms with Crippen LogP contribution in [0.15, 0.2) is 78.4 Å². The Labute approximate surface area is 188 Å². The summed E-state index contributed by atoms with van der Waals surface area (Å²) in [5.41, 5.74) is 8.26. The Balaban J connectivity index is 1.41. The molecule has 0 spiro atoms. The smallest absolute Gasteiger partial charge is 0.251 e. The van der Waals surface area contributed by atoms with E-state index in [0.717, 1.165) is 43.6 Å². The topological polar surface area (TPSA) is 87.1 Å². The van der Waals surface area contributed by atoms with Crippen molar-refractivity contribution >= 4 is 49.7 Å². The van der Waals surface area contributed by atoms with Gasteiger partial charge in [0, 0.05) is 35.1 Å². The monoisotopic (exact) mass is 440 g/mol. The zero-order valence-corrected chi connectivity index (χ0v) is 17.9. The van der Waals surface area contributed by atoms with Gasteiger partial charge in [0.1, 0.15) is 0 Å². The van der Waals surface area contributed by atoms with Crippen molar-refractivity contribution in [2.75, 3.05) is 18.5 Å². The van der Waals surface area contributed by atoms with Crippen molar-refractivity contribution in [3.63, 3.8) is 0 Å². The van der Waals surface area contributed by atoms with Crippen molar-refractivity contribution in [3.8, 4) is 11.1 Å². The second kappa shape index (κ2) is 8.74. The summed E-state index contributed by atoms with van der Waals surface area (Å²) in [6.45, 7) is 0.162. The number of hydrogen-bond acceptors (Lipinski definition) is 6. The third kappa shape index (κ3) is 4.03. The number of fused-ring (bicyclic) bond motifs is 2. The predicted octanol–water partition coefficient (Wildman–Crippen LogP) is 4.98. The van der Waals surface area contributed by atoms with Crippen LogP contribution in [-0.4, -0.2) is 34.1 Å². The molecule has 0 saturated carbocycles. The number of benzene rings is 3. The first-order valence-electron chi connectivity index (χ1n) is 10.2. The van der Waals surface area contributed by atoms with Crippen LogP contribution in [0.1, 0.15) is 10.4 Å². The van der Waals surface area contributed by atoms with Gasteiger partial charge in [0.05, 0.1) is 27.9 Å². The lowest BCUT2D eigenvalue weighted by Gasteiger charge is -2.11. The number of pyridine rings is 1. The summed E-state index contributed by atoms with van der Waals surface area (Å²) in [4.78, 5) is 21.0. The van der Waals surface area contributed by atoms with Crippen LogP contribution >= 0.6 is 11.3 Å². The van der Waals surface area contributed by atoms with Gasteiger partial charge in [0.2, 0.25) is 0 Å². The van der Waals surface area contributed by atoms with Crippen LogP contribution < -0.4 is 10.6 Å². The number of rotatable bonds is 6. The molecule has 6 nitrogen and oxygen atoms in total. The number of carbonyl (C=O) groups excluding carboxylic acids is 1. The number of hydrogen-bond donors (Lipinski definition) is 3. The molecule has 158 valence electrons. The standard InChI is InChI=1S/C25H20N4O2S/c30-12-11-27-25(31)17-3-1-16(2-4-17)18-5-7-20-21(9-10-26-22(20)13-18)29-19-6-8-24-23(14-19)28-15-32-24/h1-10,13-15,30H,11-12H2,(H,26,29)(H,27,31). The van der Waals surface area contributed by atoms with Crippen molar-refractivity contribution in [3.05, 3.63) is 84.0 Å². The van der Waals surface area contributed by atoms with E-state index in [1.807, 2.05) is 35.8 Å². The minimum atomic E-state index is -0.197. The number of anilines is 2. The van der Waals surface area contributed by atoms with Gasteiger partial charge in [-0.15, -0.1) is 11.3 Å². The molecule has 2 heterocycles. The molecule has 0 saturated heterocycles. The maximum absolute atomic E-state index is 12.0. The van der Waals surface area contributed by atoms with Gasteiger partial charge in [-0.25, -0.2) is 4.98 Å². The van der Waals surface area contributed by atoms with Gasteiger partial charge in [0.15, 0.2) is 0 Å². The summed E-state index contributed by atoms with van der Waals surface area (Å²) in [6.07, 6.45) is 1.80. The van der Waals surface area contributed by atoms with Gasteiger partial charge >= 0.3 is 0 Å². The van der Waals surface area contributed by atoms with Crippen molar-refractivity contribution in [2.45, 2.75) is 0 Å². The molecule has 0 aliphatic rings. The van der Waals surface area contributed by atoms with E-state index in [1.54, 1.807) is 29.7 Å². The first-order valence-corrected chi connectivity index (χ1v) is 11.1. The van der Waals surface area contributed by atoms with Gasteiger partial charge < -0.3 is 15.7 Å². The van der Waals surface area contributed by atoms with E-state index >= 15 is 0 Å². The van der Waals surface area contributed by atoms with Crippen molar-refractivity contribution in [1.29, 1.82) is 0 Å². The molecular weight excluding hydrogens is 420 g/mol. The zero-order chi connectivity index (χ0) is 21.9. The van der Waals surface area contributed by atoms with E-state index < -0.39 is 0 Å². The quantitative estimate of drug-likeness (QED) is 0.347. The van der Waals surface area contributed by atoms with E-state index in [0.29, 0.717) is 5.56 Å². The maximum Gasteiger partial charge on any atom is 0.251 e. The molecule has 0 aliphatic carbocycles. The molecule has 1 amide bonds. The van der Waals surface area contributed by atoms with E-state index in [4.69, 9.17) is 5.11 Å². The molecule has 0 aliphatic heterocycles. The Morgan fingerprint density at radius 1 is 0.906 bits per heavy atom. The molecular formula is C25H20N4O2S. The summed E-state index contributed by atoms with van der Waals surface area (Å²) in [6, 6.07) is 21.7. The summed E-state index contributed by atoms with van der Waals surface area (Å²) in [5.74, 6) is -0.197. The van der Waals surface area contributed by atoms with Crippen LogP contribution in [0.5, 0.6) is 0 Å². The van der Waals surface area contributed by atoms with E-state index in [-0.39, 0.29) is 19.1 Å². The normalized spacial score (nSPS) is 11.0. The fraction of sp³-hybridized carbons (Fsp3) is 0.0800. The molecule has 0 atom stereocenters. The third-order valence-electron chi connectivity index (χ3n) is 5.23. The molecule has 0 unspecified atom stereocenters. The molecule has 2 aromatic heterocycles. The Morgan fingerprint density at radius 2 is 1.75 bits per heavy atom. The van der Waals surface area contributed by atoms with Gasteiger partial charge in [0.25, 0.3) is 5.91 Å². The van der Waals surface area contributed by atoms with Crippen LogP contribution in [0, 0.1) is 0 Å². The zero-order valence-electron chi connectivity index (χ0n) is 17.1. The van der Waals surface area contributed by atoms with E-state index in [2.05, 4.69) is 44.9 Å².